The van der Waals surface area contributed by atoms with Crippen LogP contribution in [0.2, 0.25) is 0 Å². The molecule has 0 amide bonds. The highest BCUT2D eigenvalue weighted by Crippen LogP contribution is 2.07. The summed E-state index contributed by atoms with van der Waals surface area (Å²) in [5.74, 6) is 0. The third kappa shape index (κ3) is 3.87. The van der Waals surface area contributed by atoms with Crippen LogP contribution in [-0.2, 0) is 11.3 Å². The lowest BCUT2D eigenvalue weighted by molar-refractivity contribution is 0.126. The first kappa shape index (κ1) is 15.6. The van der Waals surface area contributed by atoms with Gasteiger partial charge >= 0.3 is 0 Å². The second-order valence-electron chi connectivity index (χ2n) is 4.96. The van der Waals surface area contributed by atoms with Gasteiger partial charge in [0.2, 0.25) is 0 Å². The Bertz CT molecular complexity index is 654. The van der Waals surface area contributed by atoms with Gasteiger partial charge in [0.05, 0.1) is 18.9 Å². The second kappa shape index (κ2) is 7.31. The molecule has 0 aromatic carbocycles. The zero-order chi connectivity index (χ0) is 15.2. The molecule has 0 aliphatic heterocycles. The molecule has 0 saturated heterocycles. The Labute approximate surface area is 123 Å². The molecule has 0 atom stereocenters. The number of methoxy groups -OCH3 is 1. The maximum atomic E-state index is 12.1. The van der Waals surface area contributed by atoms with Crippen LogP contribution in [0.5, 0.6) is 0 Å². The van der Waals surface area contributed by atoms with Gasteiger partial charge in [-0.25, -0.2) is 4.98 Å². The fourth-order valence-corrected chi connectivity index (χ4v) is 2.25. The van der Waals surface area contributed by atoms with E-state index in [4.69, 9.17) is 9.84 Å². The van der Waals surface area contributed by atoms with Crippen molar-refractivity contribution in [1.29, 1.82) is 0 Å². The summed E-state index contributed by atoms with van der Waals surface area (Å²) in [6, 6.07) is 5.31. The van der Waals surface area contributed by atoms with Gasteiger partial charge in [-0.1, -0.05) is 6.07 Å². The van der Waals surface area contributed by atoms with Crippen molar-refractivity contribution in [2.24, 2.45) is 0 Å². The van der Waals surface area contributed by atoms with E-state index in [1.807, 2.05) is 24.0 Å². The van der Waals surface area contributed by atoms with E-state index in [-0.39, 0.29) is 12.2 Å². The number of ether oxygens (including phenoxy) is 1. The van der Waals surface area contributed by atoms with Gasteiger partial charge in [-0.15, -0.1) is 0 Å². The SMILES string of the molecule is COCCN(CCO)Cc1cc(=O)n2cccc(C)c2n1. The monoisotopic (exact) mass is 291 g/mol. The van der Waals surface area contributed by atoms with Crippen LogP contribution >= 0.6 is 0 Å². The highest BCUT2D eigenvalue weighted by molar-refractivity contribution is 5.46. The molecule has 21 heavy (non-hydrogen) atoms. The molecule has 0 aliphatic rings. The summed E-state index contributed by atoms with van der Waals surface area (Å²) in [5, 5.41) is 9.12. The van der Waals surface area contributed by atoms with E-state index in [0.29, 0.717) is 37.6 Å². The van der Waals surface area contributed by atoms with Crippen molar-refractivity contribution in [3.63, 3.8) is 0 Å². The molecule has 0 saturated carbocycles. The fraction of sp³-hybridized carbons (Fsp3) is 0.467. The van der Waals surface area contributed by atoms with Gasteiger partial charge in [-0.2, -0.15) is 0 Å². The van der Waals surface area contributed by atoms with Crippen molar-refractivity contribution in [2.75, 3.05) is 33.4 Å². The molecule has 0 fully saturated rings. The van der Waals surface area contributed by atoms with E-state index in [0.717, 1.165) is 5.56 Å². The number of aromatic nitrogens is 2. The average Bonchev–Trinajstić information content (AvgIpc) is 2.46. The Kier molecular flexibility index (Phi) is 5.44. The van der Waals surface area contributed by atoms with Crippen molar-refractivity contribution in [3.8, 4) is 0 Å². The maximum absolute atomic E-state index is 12.1. The van der Waals surface area contributed by atoms with Crippen LogP contribution in [0.3, 0.4) is 0 Å². The standard InChI is InChI=1S/C15H21N3O3/c1-12-4-3-5-18-14(20)10-13(16-15(12)18)11-17(6-8-19)7-9-21-2/h3-5,10,19H,6-9,11H2,1-2H3. The molecule has 0 bridgehead atoms. The maximum Gasteiger partial charge on any atom is 0.258 e. The van der Waals surface area contributed by atoms with Gasteiger partial charge in [0.1, 0.15) is 5.65 Å². The summed E-state index contributed by atoms with van der Waals surface area (Å²) in [6.07, 6.45) is 1.72. The molecular formula is C15H21N3O3. The van der Waals surface area contributed by atoms with Crippen LogP contribution in [-0.4, -0.2) is 52.8 Å². The molecular weight excluding hydrogens is 270 g/mol. The minimum absolute atomic E-state index is 0.0648. The van der Waals surface area contributed by atoms with Crippen molar-refractivity contribution < 1.29 is 9.84 Å². The summed E-state index contributed by atoms with van der Waals surface area (Å²) in [7, 11) is 1.64. The highest BCUT2D eigenvalue weighted by atomic mass is 16.5. The van der Waals surface area contributed by atoms with Crippen LogP contribution in [0.15, 0.2) is 29.2 Å². The molecule has 0 spiro atoms. The molecule has 2 aromatic rings. The molecule has 6 heteroatoms. The molecule has 1 N–H and O–H groups in total. The normalized spacial score (nSPS) is 11.4. The second-order valence-corrected chi connectivity index (χ2v) is 4.96. The van der Waals surface area contributed by atoms with Gasteiger partial charge in [0.25, 0.3) is 5.56 Å². The Morgan fingerprint density at radius 3 is 2.95 bits per heavy atom. The lowest BCUT2D eigenvalue weighted by Gasteiger charge is -2.20. The lowest BCUT2D eigenvalue weighted by atomic mass is 10.2. The van der Waals surface area contributed by atoms with Crippen LogP contribution in [0.4, 0.5) is 0 Å². The largest absolute Gasteiger partial charge is 0.395 e. The number of aliphatic hydroxyl groups is 1. The molecule has 114 valence electrons. The number of aliphatic hydroxyl groups excluding tert-OH is 1. The first-order valence-electron chi connectivity index (χ1n) is 6.95. The van der Waals surface area contributed by atoms with Crippen molar-refractivity contribution >= 4 is 5.65 Å². The van der Waals surface area contributed by atoms with Gasteiger partial charge in [0.15, 0.2) is 0 Å². The first-order chi connectivity index (χ1) is 10.2. The number of fused-ring (bicyclic) bond motifs is 1. The Balaban J connectivity index is 2.29. The quantitative estimate of drug-likeness (QED) is 0.802. The van der Waals surface area contributed by atoms with Crippen LogP contribution in [0, 0.1) is 6.92 Å². The number of hydrogen-bond acceptors (Lipinski definition) is 5. The van der Waals surface area contributed by atoms with E-state index < -0.39 is 0 Å². The summed E-state index contributed by atoms with van der Waals surface area (Å²) in [5.41, 5.74) is 2.26. The van der Waals surface area contributed by atoms with E-state index >= 15 is 0 Å². The van der Waals surface area contributed by atoms with Crippen LogP contribution in [0.25, 0.3) is 5.65 Å². The minimum Gasteiger partial charge on any atom is -0.395 e. The van der Waals surface area contributed by atoms with Gasteiger partial charge in [-0.05, 0) is 18.6 Å². The molecule has 2 rings (SSSR count). The average molecular weight is 291 g/mol. The van der Waals surface area contributed by atoms with E-state index in [1.165, 1.54) is 0 Å². The Hall–Kier alpha value is -1.76. The molecule has 2 aromatic heterocycles. The predicted octanol–water partition coefficient (Wildman–Crippen LogP) is 0.444. The van der Waals surface area contributed by atoms with E-state index in [1.54, 1.807) is 23.8 Å². The third-order valence-corrected chi connectivity index (χ3v) is 3.35. The van der Waals surface area contributed by atoms with Crippen LogP contribution < -0.4 is 5.56 Å². The van der Waals surface area contributed by atoms with E-state index in [9.17, 15) is 4.79 Å². The van der Waals surface area contributed by atoms with Gasteiger partial charge in [0, 0.05) is 39.0 Å². The van der Waals surface area contributed by atoms with Crippen molar-refractivity contribution in [3.05, 3.63) is 46.0 Å². The van der Waals surface area contributed by atoms with Crippen molar-refractivity contribution in [1.82, 2.24) is 14.3 Å². The highest BCUT2D eigenvalue weighted by Gasteiger charge is 2.09. The lowest BCUT2D eigenvalue weighted by Crippen LogP contribution is -2.31. The topological polar surface area (TPSA) is 67.1 Å². The first-order valence-corrected chi connectivity index (χ1v) is 6.95. The van der Waals surface area contributed by atoms with Gasteiger partial charge < -0.3 is 9.84 Å². The number of nitrogens with zero attached hydrogens (tertiary/aromatic N) is 3. The molecule has 6 nitrogen and oxygen atoms in total. The number of rotatable bonds is 7. The summed E-state index contributed by atoms with van der Waals surface area (Å²) >= 11 is 0. The number of pyridine rings is 1. The molecule has 2 heterocycles. The molecule has 0 aliphatic carbocycles. The summed E-state index contributed by atoms with van der Waals surface area (Å²) < 4.78 is 6.61. The number of aryl methyl sites for hydroxylation is 1. The van der Waals surface area contributed by atoms with Crippen molar-refractivity contribution in [2.45, 2.75) is 13.5 Å². The predicted molar refractivity (Wildman–Crippen MR) is 80.4 cm³/mol. The fourth-order valence-electron chi connectivity index (χ4n) is 2.25. The number of hydrogen-bond donors (Lipinski definition) is 1. The molecule has 0 radical (unpaired) electrons. The Morgan fingerprint density at radius 2 is 2.24 bits per heavy atom. The van der Waals surface area contributed by atoms with Crippen LogP contribution in [0.1, 0.15) is 11.3 Å². The van der Waals surface area contributed by atoms with Gasteiger partial charge in [-0.3, -0.25) is 14.1 Å². The van der Waals surface area contributed by atoms with E-state index in [2.05, 4.69) is 4.98 Å². The summed E-state index contributed by atoms with van der Waals surface area (Å²) in [4.78, 5) is 18.7. The Morgan fingerprint density at radius 1 is 1.43 bits per heavy atom. The zero-order valence-electron chi connectivity index (χ0n) is 12.5. The molecule has 0 unspecified atom stereocenters. The zero-order valence-corrected chi connectivity index (χ0v) is 12.5. The third-order valence-electron chi connectivity index (χ3n) is 3.35. The smallest absolute Gasteiger partial charge is 0.258 e. The minimum atomic E-state index is -0.0885. The summed E-state index contributed by atoms with van der Waals surface area (Å²) in [6.45, 7) is 4.30.